The summed E-state index contributed by atoms with van der Waals surface area (Å²) in [6.45, 7) is 5.42. The molecule has 0 aliphatic rings. The molecule has 0 unspecified atom stereocenters. The van der Waals surface area contributed by atoms with Crippen molar-refractivity contribution in [3.05, 3.63) is 52.3 Å². The minimum atomic E-state index is 0.0803. The van der Waals surface area contributed by atoms with Crippen LogP contribution in [0.1, 0.15) is 21.7 Å². The van der Waals surface area contributed by atoms with E-state index >= 15 is 0 Å². The van der Waals surface area contributed by atoms with Crippen molar-refractivity contribution in [2.75, 3.05) is 19.6 Å². The molecule has 0 bridgehead atoms. The van der Waals surface area contributed by atoms with E-state index in [1.165, 1.54) is 0 Å². The second-order valence-electron chi connectivity index (χ2n) is 4.99. The normalized spacial score (nSPS) is 10.9. The maximum Gasteiger partial charge on any atom is 0.178 e. The highest BCUT2D eigenvalue weighted by molar-refractivity contribution is 6.30. The molecule has 3 N–H and O–H groups in total. The number of hydrogen-bond donors (Lipinski definition) is 2. The van der Waals surface area contributed by atoms with Gasteiger partial charge in [-0.3, -0.25) is 4.79 Å². The van der Waals surface area contributed by atoms with E-state index in [0.717, 1.165) is 22.6 Å². The third-order valence-corrected chi connectivity index (χ3v) is 3.68. The van der Waals surface area contributed by atoms with E-state index in [4.69, 9.17) is 17.3 Å². The SMILES string of the molecule is Cc1cc(C(=O)CNCCN)c(C)n1-c1ccc(Cl)cc1. The summed E-state index contributed by atoms with van der Waals surface area (Å²) in [6, 6.07) is 9.52. The third-order valence-electron chi connectivity index (χ3n) is 3.42. The number of carbonyl (C=O) groups is 1. The Morgan fingerprint density at radius 1 is 1.29 bits per heavy atom. The van der Waals surface area contributed by atoms with Crippen LogP contribution in [0, 0.1) is 13.8 Å². The number of nitrogens with zero attached hydrogens (tertiary/aromatic N) is 1. The summed E-state index contributed by atoms with van der Waals surface area (Å²) < 4.78 is 2.06. The lowest BCUT2D eigenvalue weighted by Crippen LogP contribution is -2.28. The smallest absolute Gasteiger partial charge is 0.178 e. The molecule has 0 aliphatic heterocycles. The van der Waals surface area contributed by atoms with Crippen LogP contribution in [0.3, 0.4) is 0 Å². The van der Waals surface area contributed by atoms with Crippen LogP contribution in [-0.2, 0) is 0 Å². The number of aromatic nitrogens is 1. The lowest BCUT2D eigenvalue weighted by Gasteiger charge is -2.10. The molecule has 0 amide bonds. The summed E-state index contributed by atoms with van der Waals surface area (Å²) >= 11 is 5.92. The second-order valence-corrected chi connectivity index (χ2v) is 5.42. The quantitative estimate of drug-likeness (QED) is 0.637. The number of carbonyl (C=O) groups excluding carboxylic acids is 1. The predicted molar refractivity (Wildman–Crippen MR) is 86.5 cm³/mol. The largest absolute Gasteiger partial charge is 0.329 e. The van der Waals surface area contributed by atoms with Crippen molar-refractivity contribution in [1.82, 2.24) is 9.88 Å². The monoisotopic (exact) mass is 305 g/mol. The molecule has 112 valence electrons. The van der Waals surface area contributed by atoms with E-state index in [-0.39, 0.29) is 5.78 Å². The van der Waals surface area contributed by atoms with Gasteiger partial charge in [0.25, 0.3) is 0 Å². The van der Waals surface area contributed by atoms with Gasteiger partial charge >= 0.3 is 0 Å². The first kappa shape index (κ1) is 15.8. The number of nitrogens with two attached hydrogens (primary N) is 1. The van der Waals surface area contributed by atoms with Crippen LogP contribution < -0.4 is 11.1 Å². The van der Waals surface area contributed by atoms with Crippen LogP contribution in [0.2, 0.25) is 5.02 Å². The Morgan fingerprint density at radius 3 is 2.57 bits per heavy atom. The molecule has 5 heteroatoms. The molecule has 1 aromatic carbocycles. The van der Waals surface area contributed by atoms with Crippen molar-refractivity contribution in [2.45, 2.75) is 13.8 Å². The maximum absolute atomic E-state index is 12.3. The Labute approximate surface area is 129 Å². The zero-order valence-electron chi connectivity index (χ0n) is 12.3. The van der Waals surface area contributed by atoms with Gasteiger partial charge in [0.05, 0.1) is 6.54 Å². The van der Waals surface area contributed by atoms with Crippen molar-refractivity contribution in [3.8, 4) is 5.69 Å². The highest BCUT2D eigenvalue weighted by atomic mass is 35.5. The molecule has 21 heavy (non-hydrogen) atoms. The van der Waals surface area contributed by atoms with E-state index in [2.05, 4.69) is 9.88 Å². The molecule has 0 saturated carbocycles. The fraction of sp³-hybridized carbons (Fsp3) is 0.312. The highest BCUT2D eigenvalue weighted by Gasteiger charge is 2.16. The van der Waals surface area contributed by atoms with Gasteiger partial charge in [0, 0.05) is 40.8 Å². The molecule has 0 fully saturated rings. The van der Waals surface area contributed by atoms with Crippen molar-refractivity contribution in [1.29, 1.82) is 0 Å². The van der Waals surface area contributed by atoms with Crippen LogP contribution in [0.5, 0.6) is 0 Å². The number of Topliss-reactive ketones (excluding diaryl/α,β-unsaturated/α-hetero) is 1. The van der Waals surface area contributed by atoms with Crippen LogP contribution in [0.25, 0.3) is 5.69 Å². The number of hydrogen-bond acceptors (Lipinski definition) is 3. The standard InChI is InChI=1S/C16H20ClN3O/c1-11-9-15(16(21)10-19-8-7-18)12(2)20(11)14-5-3-13(17)4-6-14/h3-6,9,19H,7-8,10,18H2,1-2H3. The molecule has 0 atom stereocenters. The van der Waals surface area contributed by atoms with Gasteiger partial charge < -0.3 is 15.6 Å². The first-order valence-corrected chi connectivity index (χ1v) is 7.31. The maximum atomic E-state index is 12.3. The number of halogens is 1. The molecule has 0 spiro atoms. The zero-order chi connectivity index (χ0) is 15.4. The topological polar surface area (TPSA) is 60.1 Å². The van der Waals surface area contributed by atoms with Crippen molar-refractivity contribution in [2.24, 2.45) is 5.73 Å². The van der Waals surface area contributed by atoms with Crippen molar-refractivity contribution >= 4 is 17.4 Å². The van der Waals surface area contributed by atoms with E-state index in [0.29, 0.717) is 24.7 Å². The summed E-state index contributed by atoms with van der Waals surface area (Å²) in [4.78, 5) is 12.3. The average Bonchev–Trinajstić information content (AvgIpc) is 2.76. The first-order chi connectivity index (χ1) is 10.0. The molecule has 1 aromatic heterocycles. The van der Waals surface area contributed by atoms with Crippen molar-refractivity contribution in [3.63, 3.8) is 0 Å². The van der Waals surface area contributed by atoms with E-state index < -0.39 is 0 Å². The molecule has 1 heterocycles. The van der Waals surface area contributed by atoms with Gasteiger partial charge in [-0.2, -0.15) is 0 Å². The van der Waals surface area contributed by atoms with Gasteiger partial charge in [0.1, 0.15) is 0 Å². The minimum Gasteiger partial charge on any atom is -0.329 e. The Morgan fingerprint density at radius 2 is 1.95 bits per heavy atom. The summed E-state index contributed by atoms with van der Waals surface area (Å²) in [5.74, 6) is 0.0803. The molecule has 0 saturated heterocycles. The summed E-state index contributed by atoms with van der Waals surface area (Å²) in [6.07, 6.45) is 0. The van der Waals surface area contributed by atoms with Gasteiger partial charge in [-0.1, -0.05) is 11.6 Å². The Balaban J connectivity index is 2.29. The van der Waals surface area contributed by atoms with E-state index in [1.54, 1.807) is 0 Å². The first-order valence-electron chi connectivity index (χ1n) is 6.93. The van der Waals surface area contributed by atoms with Gasteiger partial charge in [0.15, 0.2) is 5.78 Å². The minimum absolute atomic E-state index is 0.0803. The Hall–Kier alpha value is -1.62. The Kier molecular flexibility index (Phi) is 5.17. The number of rotatable bonds is 6. The third kappa shape index (κ3) is 3.53. The molecule has 2 rings (SSSR count). The summed E-state index contributed by atoms with van der Waals surface area (Å²) in [5.41, 5.74) is 9.12. The second kappa shape index (κ2) is 6.89. The fourth-order valence-electron chi connectivity index (χ4n) is 2.43. The molecule has 0 aliphatic carbocycles. The molecular weight excluding hydrogens is 286 g/mol. The summed E-state index contributed by atoms with van der Waals surface area (Å²) in [5, 5.41) is 3.73. The average molecular weight is 306 g/mol. The molecular formula is C16H20ClN3O. The number of benzene rings is 1. The highest BCUT2D eigenvalue weighted by Crippen LogP contribution is 2.22. The van der Waals surface area contributed by atoms with Crippen LogP contribution in [0.4, 0.5) is 0 Å². The van der Waals surface area contributed by atoms with Crippen LogP contribution in [-0.4, -0.2) is 30.0 Å². The molecule has 0 radical (unpaired) electrons. The van der Waals surface area contributed by atoms with Gasteiger partial charge in [-0.15, -0.1) is 0 Å². The number of aryl methyl sites for hydroxylation is 1. The fourth-order valence-corrected chi connectivity index (χ4v) is 2.56. The Bertz CT molecular complexity index is 632. The van der Waals surface area contributed by atoms with Gasteiger partial charge in [0.2, 0.25) is 0 Å². The predicted octanol–water partition coefficient (Wildman–Crippen LogP) is 2.48. The van der Waals surface area contributed by atoms with Crippen LogP contribution in [0.15, 0.2) is 30.3 Å². The number of nitrogens with one attached hydrogen (secondary N) is 1. The zero-order valence-corrected chi connectivity index (χ0v) is 13.1. The van der Waals surface area contributed by atoms with E-state index in [1.807, 2.05) is 44.2 Å². The van der Waals surface area contributed by atoms with Crippen molar-refractivity contribution < 1.29 is 4.79 Å². The lowest BCUT2D eigenvalue weighted by molar-refractivity contribution is 0.0991. The van der Waals surface area contributed by atoms with Gasteiger partial charge in [-0.05, 0) is 44.2 Å². The molecule has 4 nitrogen and oxygen atoms in total. The lowest BCUT2D eigenvalue weighted by atomic mass is 10.1. The van der Waals surface area contributed by atoms with Gasteiger partial charge in [-0.25, -0.2) is 0 Å². The molecule has 2 aromatic rings. The number of ketones is 1. The van der Waals surface area contributed by atoms with E-state index in [9.17, 15) is 4.79 Å². The van der Waals surface area contributed by atoms with Crippen LogP contribution >= 0.6 is 11.6 Å². The summed E-state index contributed by atoms with van der Waals surface area (Å²) in [7, 11) is 0.